The van der Waals surface area contributed by atoms with Gasteiger partial charge >= 0.3 is 0 Å². The van der Waals surface area contributed by atoms with Crippen molar-refractivity contribution in [2.75, 3.05) is 0 Å². The predicted molar refractivity (Wildman–Crippen MR) is 30.2 cm³/mol. The molecule has 0 saturated carbocycles. The second-order valence-electron chi connectivity index (χ2n) is 1.55. The van der Waals surface area contributed by atoms with Crippen LogP contribution in [0.2, 0.25) is 0 Å². The first-order valence-electron chi connectivity index (χ1n) is 2.55. The molecule has 8 heavy (non-hydrogen) atoms. The molecule has 0 amide bonds. The van der Waals surface area contributed by atoms with Crippen LogP contribution >= 0.6 is 0 Å². The molecule has 0 bridgehead atoms. The van der Waals surface area contributed by atoms with E-state index in [2.05, 4.69) is 18.0 Å². The first-order valence-corrected chi connectivity index (χ1v) is 2.55. The van der Waals surface area contributed by atoms with Crippen molar-refractivity contribution in [1.82, 2.24) is 4.98 Å². The van der Waals surface area contributed by atoms with Crippen LogP contribution in [0.1, 0.15) is 12.6 Å². The largest absolute Gasteiger partial charge is 0.365 e. The molecule has 1 aromatic heterocycles. The summed E-state index contributed by atoms with van der Waals surface area (Å²) in [5.74, 6) is 0. The van der Waals surface area contributed by atoms with Crippen LogP contribution in [0, 0.1) is 0 Å². The van der Waals surface area contributed by atoms with Crippen LogP contribution < -0.4 is 0 Å². The summed E-state index contributed by atoms with van der Waals surface area (Å²) in [7, 11) is 0. The number of aromatic nitrogens is 1. The summed E-state index contributed by atoms with van der Waals surface area (Å²) in [5.41, 5.74) is 1.31. The minimum atomic E-state index is 0. The van der Waals surface area contributed by atoms with Gasteiger partial charge in [-0.2, -0.15) is 0 Å². The third kappa shape index (κ3) is 1.73. The van der Waals surface area contributed by atoms with Crippen molar-refractivity contribution in [2.24, 2.45) is 0 Å². The molecule has 0 fully saturated rings. The molecular weight excluding hydrogens is 150 g/mol. The van der Waals surface area contributed by atoms with Gasteiger partial charge in [-0.3, -0.25) is 0 Å². The van der Waals surface area contributed by atoms with Crippen molar-refractivity contribution >= 4 is 0 Å². The van der Waals surface area contributed by atoms with E-state index in [4.69, 9.17) is 0 Å². The molecule has 1 nitrogen and oxygen atoms in total. The van der Waals surface area contributed by atoms with Gasteiger partial charge in [-0.1, -0.05) is 6.92 Å². The molecule has 0 atom stereocenters. The second-order valence-corrected chi connectivity index (χ2v) is 1.55. The van der Waals surface area contributed by atoms with E-state index in [1.54, 1.807) is 0 Å². The number of aromatic amines is 1. The molecule has 0 spiro atoms. The SMILES string of the molecule is CCc1ccc[nH]1.[Cu]. The van der Waals surface area contributed by atoms with Crippen LogP contribution in [-0.2, 0) is 23.5 Å². The van der Waals surface area contributed by atoms with Gasteiger partial charge in [0.2, 0.25) is 0 Å². The fourth-order valence-corrected chi connectivity index (χ4v) is 0.587. The third-order valence-electron chi connectivity index (χ3n) is 1.04. The number of nitrogens with one attached hydrogen (secondary N) is 1. The summed E-state index contributed by atoms with van der Waals surface area (Å²) in [6, 6.07) is 4.10. The van der Waals surface area contributed by atoms with E-state index in [9.17, 15) is 0 Å². The van der Waals surface area contributed by atoms with Crippen LogP contribution in [0.4, 0.5) is 0 Å². The van der Waals surface area contributed by atoms with Gasteiger partial charge in [0.05, 0.1) is 0 Å². The van der Waals surface area contributed by atoms with E-state index in [0.717, 1.165) is 6.42 Å². The van der Waals surface area contributed by atoms with E-state index in [-0.39, 0.29) is 17.1 Å². The topological polar surface area (TPSA) is 15.8 Å². The molecule has 0 aliphatic rings. The summed E-state index contributed by atoms with van der Waals surface area (Å²) < 4.78 is 0. The maximum Gasteiger partial charge on any atom is 0.0144 e. The summed E-state index contributed by atoms with van der Waals surface area (Å²) in [4.78, 5) is 3.09. The van der Waals surface area contributed by atoms with Crippen LogP contribution in [0.5, 0.6) is 0 Å². The number of aryl methyl sites for hydroxylation is 1. The van der Waals surface area contributed by atoms with Crippen molar-refractivity contribution in [3.05, 3.63) is 24.0 Å². The Kier molecular flexibility index (Phi) is 3.67. The van der Waals surface area contributed by atoms with Gasteiger partial charge in [-0.05, 0) is 18.6 Å². The summed E-state index contributed by atoms with van der Waals surface area (Å²) in [5, 5.41) is 0. The minimum absolute atomic E-state index is 0. The molecule has 1 heterocycles. The smallest absolute Gasteiger partial charge is 0.0144 e. The zero-order valence-electron chi connectivity index (χ0n) is 4.74. The Labute approximate surface area is 60.0 Å². The average molecular weight is 159 g/mol. The first kappa shape index (κ1) is 7.80. The van der Waals surface area contributed by atoms with Gasteiger partial charge in [0.15, 0.2) is 0 Å². The molecule has 0 saturated heterocycles. The molecule has 2 heteroatoms. The molecule has 0 aliphatic heterocycles. The monoisotopic (exact) mass is 158 g/mol. The van der Waals surface area contributed by atoms with Crippen molar-refractivity contribution in [3.8, 4) is 0 Å². The van der Waals surface area contributed by atoms with Crippen molar-refractivity contribution in [3.63, 3.8) is 0 Å². The van der Waals surface area contributed by atoms with Gasteiger partial charge in [-0.15, -0.1) is 0 Å². The van der Waals surface area contributed by atoms with E-state index < -0.39 is 0 Å². The molecule has 0 aromatic carbocycles. The number of hydrogen-bond donors (Lipinski definition) is 1. The van der Waals surface area contributed by atoms with E-state index in [1.807, 2.05) is 12.3 Å². The summed E-state index contributed by atoms with van der Waals surface area (Å²) >= 11 is 0. The first-order chi connectivity index (χ1) is 3.43. The Hall–Kier alpha value is -0.201. The van der Waals surface area contributed by atoms with Crippen molar-refractivity contribution < 1.29 is 17.1 Å². The van der Waals surface area contributed by atoms with Gasteiger partial charge in [0, 0.05) is 29.0 Å². The Bertz CT molecular complexity index is 123. The fourth-order valence-electron chi connectivity index (χ4n) is 0.587. The van der Waals surface area contributed by atoms with E-state index in [0.29, 0.717) is 0 Å². The van der Waals surface area contributed by atoms with Gasteiger partial charge < -0.3 is 4.98 Å². The van der Waals surface area contributed by atoms with Crippen LogP contribution in [0.3, 0.4) is 0 Å². The molecule has 1 rings (SSSR count). The van der Waals surface area contributed by atoms with Crippen molar-refractivity contribution in [2.45, 2.75) is 13.3 Å². The Balaban J connectivity index is 0.000000490. The van der Waals surface area contributed by atoms with Crippen molar-refractivity contribution in [1.29, 1.82) is 0 Å². The molecular formula is C6H9CuN. The Morgan fingerprint density at radius 1 is 1.62 bits per heavy atom. The minimum Gasteiger partial charge on any atom is -0.365 e. The number of H-pyrrole nitrogens is 1. The normalized spacial score (nSPS) is 8.12. The van der Waals surface area contributed by atoms with E-state index in [1.165, 1.54) is 5.69 Å². The second kappa shape index (κ2) is 3.76. The van der Waals surface area contributed by atoms with Crippen LogP contribution in [-0.4, -0.2) is 4.98 Å². The molecule has 0 unspecified atom stereocenters. The Morgan fingerprint density at radius 3 is 2.62 bits per heavy atom. The zero-order chi connectivity index (χ0) is 5.11. The van der Waals surface area contributed by atoms with E-state index >= 15 is 0 Å². The molecule has 1 radical (unpaired) electrons. The van der Waals surface area contributed by atoms with Gasteiger partial charge in [0.1, 0.15) is 0 Å². The molecule has 1 N–H and O–H groups in total. The molecule has 1 aromatic rings. The van der Waals surface area contributed by atoms with Gasteiger partial charge in [0.25, 0.3) is 0 Å². The van der Waals surface area contributed by atoms with Crippen LogP contribution in [0.25, 0.3) is 0 Å². The molecule has 0 aliphatic carbocycles. The predicted octanol–water partition coefficient (Wildman–Crippen LogP) is 1.57. The summed E-state index contributed by atoms with van der Waals surface area (Å²) in [6.45, 7) is 2.13. The van der Waals surface area contributed by atoms with Gasteiger partial charge in [-0.25, -0.2) is 0 Å². The van der Waals surface area contributed by atoms with Crippen LogP contribution in [0.15, 0.2) is 18.3 Å². The third-order valence-corrected chi connectivity index (χ3v) is 1.04. The summed E-state index contributed by atoms with van der Waals surface area (Å²) in [6.07, 6.45) is 3.05. The number of hydrogen-bond acceptors (Lipinski definition) is 0. The molecule has 49 valence electrons. The Morgan fingerprint density at radius 2 is 2.38 bits per heavy atom. The maximum absolute atomic E-state index is 3.09. The number of rotatable bonds is 1. The maximum atomic E-state index is 3.09. The quantitative estimate of drug-likeness (QED) is 0.598. The zero-order valence-corrected chi connectivity index (χ0v) is 5.68. The fraction of sp³-hybridized carbons (Fsp3) is 0.333. The average Bonchev–Trinajstić information content (AvgIpc) is 2.14. The standard InChI is InChI=1S/C6H9N.Cu/c1-2-6-4-3-5-7-6;/h3-5,7H,2H2,1H3;.